The third-order valence-electron chi connectivity index (χ3n) is 3.07. The van der Waals surface area contributed by atoms with Crippen molar-refractivity contribution in [3.63, 3.8) is 0 Å². The van der Waals surface area contributed by atoms with Crippen LogP contribution >= 0.6 is 0 Å². The van der Waals surface area contributed by atoms with Crippen molar-refractivity contribution in [2.24, 2.45) is 0 Å². The zero-order valence-corrected chi connectivity index (χ0v) is 11.4. The molecule has 0 unspecified atom stereocenters. The first-order chi connectivity index (χ1) is 9.22. The molecule has 19 heavy (non-hydrogen) atoms. The average molecular weight is 257 g/mol. The van der Waals surface area contributed by atoms with Crippen LogP contribution in [0.5, 0.6) is 0 Å². The summed E-state index contributed by atoms with van der Waals surface area (Å²) in [7, 11) is 1.81. The molecule has 1 N–H and O–H groups in total. The van der Waals surface area contributed by atoms with Crippen molar-refractivity contribution in [3.8, 4) is 0 Å². The molecule has 0 aliphatic carbocycles. The summed E-state index contributed by atoms with van der Waals surface area (Å²) >= 11 is 0. The molecule has 1 aromatic carbocycles. The molecule has 0 saturated carbocycles. The van der Waals surface area contributed by atoms with Gasteiger partial charge in [0.1, 0.15) is 0 Å². The number of fused-ring (bicyclic) bond motifs is 1. The number of nitrogens with zero attached hydrogens (tertiary/aromatic N) is 2. The number of benzene rings is 1. The van der Waals surface area contributed by atoms with Crippen molar-refractivity contribution in [2.45, 2.75) is 19.8 Å². The maximum Gasteiger partial charge on any atom is 0.321 e. The Kier molecular flexibility index (Phi) is 4.34. The Bertz CT molecular complexity index is 563. The van der Waals surface area contributed by atoms with Crippen LogP contribution in [0.15, 0.2) is 36.5 Å². The second-order valence-corrected chi connectivity index (χ2v) is 4.59. The molecule has 0 fully saturated rings. The summed E-state index contributed by atoms with van der Waals surface area (Å²) < 4.78 is 0. The topological polar surface area (TPSA) is 45.2 Å². The van der Waals surface area contributed by atoms with Crippen LogP contribution in [0, 0.1) is 0 Å². The number of amides is 2. The van der Waals surface area contributed by atoms with Gasteiger partial charge in [0.05, 0.1) is 11.2 Å². The molecule has 2 amide bonds. The number of aromatic nitrogens is 1. The number of para-hydroxylation sites is 1. The van der Waals surface area contributed by atoms with Crippen LogP contribution in [0.3, 0.4) is 0 Å². The first-order valence-electron chi connectivity index (χ1n) is 6.58. The molecule has 0 atom stereocenters. The van der Waals surface area contributed by atoms with Gasteiger partial charge in [0.2, 0.25) is 0 Å². The van der Waals surface area contributed by atoms with Gasteiger partial charge < -0.3 is 10.2 Å². The van der Waals surface area contributed by atoms with E-state index in [1.165, 1.54) is 0 Å². The summed E-state index contributed by atoms with van der Waals surface area (Å²) in [5.41, 5.74) is 1.58. The lowest BCUT2D eigenvalue weighted by molar-refractivity contribution is 0.222. The number of nitrogens with one attached hydrogen (secondary N) is 1. The Hall–Kier alpha value is -2.10. The van der Waals surface area contributed by atoms with Gasteiger partial charge in [-0.3, -0.25) is 4.98 Å². The molecule has 4 nitrogen and oxygen atoms in total. The third-order valence-corrected chi connectivity index (χ3v) is 3.07. The van der Waals surface area contributed by atoms with E-state index >= 15 is 0 Å². The molecule has 0 saturated heterocycles. The van der Waals surface area contributed by atoms with Gasteiger partial charge >= 0.3 is 6.03 Å². The normalized spacial score (nSPS) is 10.4. The number of urea groups is 1. The van der Waals surface area contributed by atoms with E-state index in [1.54, 1.807) is 11.1 Å². The van der Waals surface area contributed by atoms with E-state index in [9.17, 15) is 4.79 Å². The van der Waals surface area contributed by atoms with Gasteiger partial charge in [0.15, 0.2) is 0 Å². The van der Waals surface area contributed by atoms with E-state index in [0.717, 1.165) is 36.0 Å². The molecule has 1 heterocycles. The van der Waals surface area contributed by atoms with Crippen LogP contribution in [-0.2, 0) is 0 Å². The molecule has 0 radical (unpaired) electrons. The van der Waals surface area contributed by atoms with E-state index in [4.69, 9.17) is 0 Å². The van der Waals surface area contributed by atoms with Gasteiger partial charge in [0.25, 0.3) is 0 Å². The largest absolute Gasteiger partial charge is 0.328 e. The molecule has 0 bridgehead atoms. The summed E-state index contributed by atoms with van der Waals surface area (Å²) in [4.78, 5) is 18.1. The Morgan fingerprint density at radius 1 is 1.32 bits per heavy atom. The fourth-order valence-electron chi connectivity index (χ4n) is 1.91. The van der Waals surface area contributed by atoms with Gasteiger partial charge in [-0.25, -0.2) is 4.79 Å². The molecule has 0 aliphatic rings. The number of rotatable bonds is 4. The highest BCUT2D eigenvalue weighted by atomic mass is 16.2. The predicted octanol–water partition coefficient (Wildman–Crippen LogP) is 3.50. The highest BCUT2D eigenvalue weighted by Crippen LogP contribution is 2.20. The highest BCUT2D eigenvalue weighted by molar-refractivity contribution is 5.99. The lowest BCUT2D eigenvalue weighted by atomic mass is 10.2. The van der Waals surface area contributed by atoms with Crippen LogP contribution in [-0.4, -0.2) is 29.5 Å². The summed E-state index contributed by atoms with van der Waals surface area (Å²) in [6.45, 7) is 2.88. The summed E-state index contributed by atoms with van der Waals surface area (Å²) in [5, 5.41) is 3.94. The van der Waals surface area contributed by atoms with E-state index < -0.39 is 0 Å². The number of hydrogen-bond donors (Lipinski definition) is 1. The molecule has 1 aromatic heterocycles. The zero-order chi connectivity index (χ0) is 13.7. The SMILES string of the molecule is CCCCN(C)C(=O)Nc1cccc2cccnc12. The Labute approximate surface area is 113 Å². The number of pyridine rings is 1. The van der Waals surface area contributed by atoms with E-state index in [-0.39, 0.29) is 6.03 Å². The standard InChI is InChI=1S/C15H19N3O/c1-3-4-11-18(2)15(19)17-13-9-5-7-12-8-6-10-16-14(12)13/h5-10H,3-4,11H2,1-2H3,(H,17,19). The van der Waals surface area contributed by atoms with E-state index in [2.05, 4.69) is 17.2 Å². The zero-order valence-electron chi connectivity index (χ0n) is 11.4. The first-order valence-corrected chi connectivity index (χ1v) is 6.58. The summed E-state index contributed by atoms with van der Waals surface area (Å²) in [6.07, 6.45) is 3.82. The predicted molar refractivity (Wildman–Crippen MR) is 78.3 cm³/mol. The van der Waals surface area contributed by atoms with Crippen LogP contribution < -0.4 is 5.32 Å². The van der Waals surface area contributed by atoms with Crippen LogP contribution in [0.2, 0.25) is 0 Å². The van der Waals surface area contributed by atoms with Gasteiger partial charge in [-0.2, -0.15) is 0 Å². The van der Waals surface area contributed by atoms with E-state index in [1.807, 2.05) is 37.4 Å². The molecule has 100 valence electrons. The number of carbonyl (C=O) groups excluding carboxylic acids is 1. The maximum absolute atomic E-state index is 12.0. The molecule has 2 aromatic rings. The fraction of sp³-hybridized carbons (Fsp3) is 0.333. The average Bonchev–Trinajstić information content (AvgIpc) is 2.45. The Balaban J connectivity index is 2.15. The van der Waals surface area contributed by atoms with Crippen LogP contribution in [0.4, 0.5) is 10.5 Å². The quantitative estimate of drug-likeness (QED) is 0.911. The second-order valence-electron chi connectivity index (χ2n) is 4.59. The van der Waals surface area contributed by atoms with Gasteiger partial charge in [-0.05, 0) is 18.6 Å². The van der Waals surface area contributed by atoms with Crippen molar-refractivity contribution >= 4 is 22.6 Å². The van der Waals surface area contributed by atoms with E-state index in [0.29, 0.717) is 0 Å². The molecular weight excluding hydrogens is 238 g/mol. The molecular formula is C15H19N3O. The summed E-state index contributed by atoms with van der Waals surface area (Å²) in [6, 6.07) is 9.57. The molecule has 0 spiro atoms. The minimum absolute atomic E-state index is 0.0911. The second kappa shape index (κ2) is 6.18. The number of anilines is 1. The Morgan fingerprint density at radius 3 is 2.89 bits per heavy atom. The minimum atomic E-state index is -0.0911. The fourth-order valence-corrected chi connectivity index (χ4v) is 1.91. The molecule has 0 aliphatic heterocycles. The lowest BCUT2D eigenvalue weighted by Crippen LogP contribution is -2.32. The van der Waals surface area contributed by atoms with Gasteiger partial charge in [-0.1, -0.05) is 31.5 Å². The van der Waals surface area contributed by atoms with Gasteiger partial charge in [-0.15, -0.1) is 0 Å². The van der Waals surface area contributed by atoms with Crippen LogP contribution in [0.1, 0.15) is 19.8 Å². The maximum atomic E-state index is 12.0. The van der Waals surface area contributed by atoms with Crippen molar-refractivity contribution in [1.29, 1.82) is 0 Å². The molecule has 2 rings (SSSR count). The monoisotopic (exact) mass is 257 g/mol. The van der Waals surface area contributed by atoms with Gasteiger partial charge in [0, 0.05) is 25.2 Å². The van der Waals surface area contributed by atoms with Crippen molar-refractivity contribution in [1.82, 2.24) is 9.88 Å². The minimum Gasteiger partial charge on any atom is -0.328 e. The van der Waals surface area contributed by atoms with Crippen LogP contribution in [0.25, 0.3) is 10.9 Å². The summed E-state index contributed by atoms with van der Waals surface area (Å²) in [5.74, 6) is 0. The number of unbranched alkanes of at least 4 members (excludes halogenated alkanes) is 1. The third kappa shape index (κ3) is 3.22. The van der Waals surface area contributed by atoms with Crippen molar-refractivity contribution < 1.29 is 4.79 Å². The number of hydrogen-bond acceptors (Lipinski definition) is 2. The molecule has 4 heteroatoms. The first kappa shape index (κ1) is 13.3. The number of carbonyl (C=O) groups is 1. The highest BCUT2D eigenvalue weighted by Gasteiger charge is 2.10. The lowest BCUT2D eigenvalue weighted by Gasteiger charge is -2.18. The smallest absolute Gasteiger partial charge is 0.321 e. The van der Waals surface area contributed by atoms with Crippen molar-refractivity contribution in [3.05, 3.63) is 36.5 Å². The van der Waals surface area contributed by atoms with Crippen molar-refractivity contribution in [2.75, 3.05) is 18.9 Å². The Morgan fingerprint density at radius 2 is 2.11 bits per heavy atom.